The van der Waals surface area contributed by atoms with E-state index in [4.69, 9.17) is 0 Å². The highest BCUT2D eigenvalue weighted by atomic mass is 16.1. The molecule has 0 saturated carbocycles. The van der Waals surface area contributed by atoms with Gasteiger partial charge in [-0.1, -0.05) is 20.8 Å². The van der Waals surface area contributed by atoms with Crippen LogP contribution in [0.25, 0.3) is 0 Å². The van der Waals surface area contributed by atoms with E-state index in [0.29, 0.717) is 5.82 Å². The SMILES string of the molecule is CCc1cc(NC(=O)C(C)C)n[nH]1. The number of aromatic amines is 1. The topological polar surface area (TPSA) is 57.8 Å². The van der Waals surface area contributed by atoms with Crippen molar-refractivity contribution in [2.24, 2.45) is 5.92 Å². The fourth-order valence-corrected chi connectivity index (χ4v) is 0.877. The molecule has 0 unspecified atom stereocenters. The molecule has 0 fully saturated rings. The van der Waals surface area contributed by atoms with Gasteiger partial charge in [0.05, 0.1) is 0 Å². The predicted molar refractivity (Wildman–Crippen MR) is 51.4 cm³/mol. The standard InChI is InChI=1S/C9H15N3O/c1-4-7-5-8(12-11-7)10-9(13)6(2)3/h5-6H,4H2,1-3H3,(H2,10,11,12,13). The molecule has 0 aliphatic heterocycles. The fourth-order valence-electron chi connectivity index (χ4n) is 0.877. The third-order valence-electron chi connectivity index (χ3n) is 1.79. The Morgan fingerprint density at radius 3 is 2.85 bits per heavy atom. The second kappa shape index (κ2) is 4.07. The van der Waals surface area contributed by atoms with E-state index in [-0.39, 0.29) is 11.8 Å². The minimum Gasteiger partial charge on any atom is -0.309 e. The van der Waals surface area contributed by atoms with Crippen LogP contribution in [0.5, 0.6) is 0 Å². The molecule has 0 radical (unpaired) electrons. The number of nitrogens with one attached hydrogen (secondary N) is 2. The van der Waals surface area contributed by atoms with Crippen LogP contribution in [-0.4, -0.2) is 16.1 Å². The van der Waals surface area contributed by atoms with Crippen LogP contribution in [-0.2, 0) is 11.2 Å². The molecule has 0 bridgehead atoms. The largest absolute Gasteiger partial charge is 0.309 e. The quantitative estimate of drug-likeness (QED) is 0.743. The molecule has 0 saturated heterocycles. The van der Waals surface area contributed by atoms with Crippen molar-refractivity contribution in [1.82, 2.24) is 10.2 Å². The molecule has 1 aromatic heterocycles. The van der Waals surface area contributed by atoms with E-state index >= 15 is 0 Å². The summed E-state index contributed by atoms with van der Waals surface area (Å²) < 4.78 is 0. The van der Waals surface area contributed by atoms with Crippen LogP contribution in [0.1, 0.15) is 26.5 Å². The number of hydrogen-bond donors (Lipinski definition) is 2. The van der Waals surface area contributed by atoms with Crippen molar-refractivity contribution in [2.45, 2.75) is 27.2 Å². The van der Waals surface area contributed by atoms with Crippen molar-refractivity contribution < 1.29 is 4.79 Å². The van der Waals surface area contributed by atoms with Gasteiger partial charge in [-0.25, -0.2) is 0 Å². The fraction of sp³-hybridized carbons (Fsp3) is 0.556. The minimum absolute atomic E-state index is 0.00541. The van der Waals surface area contributed by atoms with Crippen molar-refractivity contribution >= 4 is 11.7 Å². The van der Waals surface area contributed by atoms with Gasteiger partial charge in [-0.3, -0.25) is 9.89 Å². The van der Waals surface area contributed by atoms with Gasteiger partial charge in [-0.15, -0.1) is 0 Å². The van der Waals surface area contributed by atoms with E-state index in [1.54, 1.807) is 0 Å². The summed E-state index contributed by atoms with van der Waals surface area (Å²) >= 11 is 0. The van der Waals surface area contributed by atoms with Crippen molar-refractivity contribution in [3.05, 3.63) is 11.8 Å². The zero-order chi connectivity index (χ0) is 9.84. The number of H-pyrrole nitrogens is 1. The van der Waals surface area contributed by atoms with Crippen LogP contribution in [0.15, 0.2) is 6.07 Å². The van der Waals surface area contributed by atoms with Gasteiger partial charge in [-0.05, 0) is 6.42 Å². The minimum atomic E-state index is -0.0122. The highest BCUT2D eigenvalue weighted by Gasteiger charge is 2.08. The molecule has 0 atom stereocenters. The zero-order valence-corrected chi connectivity index (χ0v) is 8.22. The molecule has 72 valence electrons. The summed E-state index contributed by atoms with van der Waals surface area (Å²) in [6.45, 7) is 5.73. The maximum Gasteiger partial charge on any atom is 0.228 e. The van der Waals surface area contributed by atoms with E-state index < -0.39 is 0 Å². The molecule has 1 rings (SSSR count). The van der Waals surface area contributed by atoms with Crippen molar-refractivity contribution in [3.8, 4) is 0 Å². The number of rotatable bonds is 3. The Morgan fingerprint density at radius 2 is 2.38 bits per heavy atom. The number of anilines is 1. The van der Waals surface area contributed by atoms with E-state index in [2.05, 4.69) is 15.5 Å². The van der Waals surface area contributed by atoms with Crippen molar-refractivity contribution in [1.29, 1.82) is 0 Å². The lowest BCUT2D eigenvalue weighted by atomic mass is 10.2. The van der Waals surface area contributed by atoms with Gasteiger partial charge in [0.15, 0.2) is 5.82 Å². The molecule has 0 aliphatic rings. The lowest BCUT2D eigenvalue weighted by Gasteiger charge is -2.02. The van der Waals surface area contributed by atoms with Gasteiger partial charge in [0.2, 0.25) is 5.91 Å². The highest BCUT2D eigenvalue weighted by molar-refractivity contribution is 5.91. The Bertz CT molecular complexity index is 291. The molecule has 13 heavy (non-hydrogen) atoms. The van der Waals surface area contributed by atoms with Gasteiger partial charge < -0.3 is 5.32 Å². The molecule has 2 N–H and O–H groups in total. The van der Waals surface area contributed by atoms with Crippen molar-refractivity contribution in [3.63, 3.8) is 0 Å². The number of carbonyl (C=O) groups excluding carboxylic acids is 1. The van der Waals surface area contributed by atoms with E-state index in [1.807, 2.05) is 26.8 Å². The molecule has 0 aromatic carbocycles. The van der Waals surface area contributed by atoms with Crippen molar-refractivity contribution in [2.75, 3.05) is 5.32 Å². The van der Waals surface area contributed by atoms with Gasteiger partial charge in [0.1, 0.15) is 0 Å². The Morgan fingerprint density at radius 1 is 1.69 bits per heavy atom. The summed E-state index contributed by atoms with van der Waals surface area (Å²) in [5, 5.41) is 9.50. The summed E-state index contributed by atoms with van der Waals surface area (Å²) in [5.74, 6) is 0.589. The van der Waals surface area contributed by atoms with Gasteiger partial charge in [0.25, 0.3) is 0 Å². The van der Waals surface area contributed by atoms with E-state index in [9.17, 15) is 4.79 Å². The van der Waals surface area contributed by atoms with Crippen LogP contribution < -0.4 is 5.32 Å². The number of nitrogens with zero attached hydrogens (tertiary/aromatic N) is 1. The predicted octanol–water partition coefficient (Wildman–Crippen LogP) is 1.57. The second-order valence-electron chi connectivity index (χ2n) is 3.28. The summed E-state index contributed by atoms with van der Waals surface area (Å²) in [5.41, 5.74) is 1.03. The van der Waals surface area contributed by atoms with E-state index in [1.165, 1.54) is 0 Å². The zero-order valence-electron chi connectivity index (χ0n) is 8.22. The molecule has 0 aliphatic carbocycles. The number of carbonyl (C=O) groups is 1. The molecule has 1 heterocycles. The third-order valence-corrected chi connectivity index (χ3v) is 1.79. The second-order valence-corrected chi connectivity index (χ2v) is 3.28. The molecule has 4 heteroatoms. The van der Waals surface area contributed by atoms with Crippen LogP contribution in [0, 0.1) is 5.92 Å². The lowest BCUT2D eigenvalue weighted by molar-refractivity contribution is -0.118. The van der Waals surface area contributed by atoms with Crippen LogP contribution >= 0.6 is 0 Å². The Kier molecular flexibility index (Phi) is 3.06. The molecule has 4 nitrogen and oxygen atoms in total. The number of hydrogen-bond acceptors (Lipinski definition) is 2. The maximum absolute atomic E-state index is 11.2. The Labute approximate surface area is 77.7 Å². The first-order chi connectivity index (χ1) is 6.13. The first-order valence-corrected chi connectivity index (χ1v) is 4.48. The summed E-state index contributed by atoms with van der Waals surface area (Å²) in [4.78, 5) is 11.2. The van der Waals surface area contributed by atoms with Crippen LogP contribution in [0.4, 0.5) is 5.82 Å². The average molecular weight is 181 g/mol. The third kappa shape index (κ3) is 2.57. The molecular formula is C9H15N3O. The molecule has 1 amide bonds. The Balaban J connectivity index is 2.59. The van der Waals surface area contributed by atoms with Gasteiger partial charge in [-0.2, -0.15) is 5.10 Å². The number of aryl methyl sites for hydroxylation is 1. The summed E-state index contributed by atoms with van der Waals surface area (Å²) in [6, 6.07) is 1.85. The molecule has 1 aromatic rings. The number of aromatic nitrogens is 2. The molecular weight excluding hydrogens is 166 g/mol. The smallest absolute Gasteiger partial charge is 0.228 e. The van der Waals surface area contributed by atoms with Crippen LogP contribution in [0.2, 0.25) is 0 Å². The first kappa shape index (κ1) is 9.77. The number of amides is 1. The van der Waals surface area contributed by atoms with Gasteiger partial charge in [0, 0.05) is 17.7 Å². The van der Waals surface area contributed by atoms with Crippen LogP contribution in [0.3, 0.4) is 0 Å². The first-order valence-electron chi connectivity index (χ1n) is 4.48. The normalized spacial score (nSPS) is 10.5. The molecule has 0 spiro atoms. The lowest BCUT2D eigenvalue weighted by Crippen LogP contribution is -2.17. The Hall–Kier alpha value is -1.32. The summed E-state index contributed by atoms with van der Waals surface area (Å²) in [6.07, 6.45) is 0.893. The monoisotopic (exact) mass is 181 g/mol. The van der Waals surface area contributed by atoms with Gasteiger partial charge >= 0.3 is 0 Å². The average Bonchev–Trinajstić information content (AvgIpc) is 2.52. The van der Waals surface area contributed by atoms with E-state index in [0.717, 1.165) is 12.1 Å². The summed E-state index contributed by atoms with van der Waals surface area (Å²) in [7, 11) is 0. The highest BCUT2D eigenvalue weighted by Crippen LogP contribution is 2.07. The maximum atomic E-state index is 11.2.